The molecule has 0 amide bonds. The maximum absolute atomic E-state index is 10.5. The number of aromatic nitrogens is 1. The SMILES string of the molecule is CCC(C)C(C)(O)CNc1ccnc2c(C)cccc12. The van der Waals surface area contributed by atoms with Gasteiger partial charge in [0.05, 0.1) is 11.1 Å². The Morgan fingerprint density at radius 2 is 2.10 bits per heavy atom. The van der Waals surface area contributed by atoms with Crippen LogP contribution in [0.5, 0.6) is 0 Å². The van der Waals surface area contributed by atoms with Crippen molar-refractivity contribution in [2.24, 2.45) is 5.92 Å². The number of para-hydroxylation sites is 1. The molecule has 0 aliphatic carbocycles. The highest BCUT2D eigenvalue weighted by Gasteiger charge is 2.26. The van der Waals surface area contributed by atoms with Crippen LogP contribution in [0, 0.1) is 12.8 Å². The Balaban J connectivity index is 2.25. The zero-order chi connectivity index (χ0) is 14.8. The molecule has 1 aromatic carbocycles. The van der Waals surface area contributed by atoms with E-state index in [4.69, 9.17) is 0 Å². The third kappa shape index (κ3) is 2.93. The number of hydrogen-bond donors (Lipinski definition) is 2. The standard InChI is InChI=1S/C17H24N2O/c1-5-13(3)17(4,20)11-19-15-9-10-18-16-12(2)7-6-8-14(15)16/h6-10,13,20H,5,11H2,1-4H3,(H,18,19). The first kappa shape index (κ1) is 14.8. The van der Waals surface area contributed by atoms with Crippen LogP contribution in [0.4, 0.5) is 5.69 Å². The molecule has 2 atom stereocenters. The van der Waals surface area contributed by atoms with Crippen molar-refractivity contribution in [2.45, 2.75) is 39.7 Å². The lowest BCUT2D eigenvalue weighted by atomic mass is 9.88. The molecular weight excluding hydrogens is 248 g/mol. The summed E-state index contributed by atoms with van der Waals surface area (Å²) in [6.45, 7) is 8.67. The van der Waals surface area contributed by atoms with Crippen LogP contribution in [0.2, 0.25) is 0 Å². The average Bonchev–Trinajstić information content (AvgIpc) is 2.44. The molecule has 0 spiro atoms. The molecule has 3 nitrogen and oxygen atoms in total. The Morgan fingerprint density at radius 3 is 2.80 bits per heavy atom. The van der Waals surface area contributed by atoms with E-state index in [1.165, 1.54) is 5.56 Å². The molecule has 0 fully saturated rings. The number of pyridine rings is 1. The van der Waals surface area contributed by atoms with Gasteiger partial charge in [-0.15, -0.1) is 0 Å². The molecule has 2 rings (SSSR count). The third-order valence-corrected chi connectivity index (χ3v) is 4.28. The van der Waals surface area contributed by atoms with E-state index in [1.54, 1.807) is 0 Å². The van der Waals surface area contributed by atoms with Gasteiger partial charge in [-0.25, -0.2) is 0 Å². The predicted octanol–water partition coefficient (Wildman–Crippen LogP) is 3.75. The van der Waals surface area contributed by atoms with E-state index in [0.717, 1.165) is 23.0 Å². The number of fused-ring (bicyclic) bond motifs is 1. The molecule has 1 heterocycles. The molecule has 0 radical (unpaired) electrons. The lowest BCUT2D eigenvalue weighted by molar-refractivity contribution is 0.0176. The van der Waals surface area contributed by atoms with Gasteiger partial charge in [0.1, 0.15) is 0 Å². The quantitative estimate of drug-likeness (QED) is 0.871. The summed E-state index contributed by atoms with van der Waals surface area (Å²) in [6, 6.07) is 8.13. The van der Waals surface area contributed by atoms with Gasteiger partial charge in [-0.05, 0) is 31.4 Å². The molecule has 0 aliphatic heterocycles. The highest BCUT2D eigenvalue weighted by atomic mass is 16.3. The van der Waals surface area contributed by atoms with E-state index in [2.05, 4.69) is 43.2 Å². The maximum Gasteiger partial charge on any atom is 0.0816 e. The molecule has 3 heteroatoms. The van der Waals surface area contributed by atoms with E-state index < -0.39 is 5.60 Å². The van der Waals surface area contributed by atoms with Crippen molar-refractivity contribution in [3.8, 4) is 0 Å². The number of nitrogens with one attached hydrogen (secondary N) is 1. The van der Waals surface area contributed by atoms with Gasteiger partial charge in [0.25, 0.3) is 0 Å². The van der Waals surface area contributed by atoms with E-state index in [1.807, 2.05) is 25.3 Å². The van der Waals surface area contributed by atoms with Crippen LogP contribution in [0.25, 0.3) is 10.9 Å². The van der Waals surface area contributed by atoms with Gasteiger partial charge < -0.3 is 10.4 Å². The molecule has 20 heavy (non-hydrogen) atoms. The Morgan fingerprint density at radius 1 is 1.35 bits per heavy atom. The molecule has 0 saturated carbocycles. The van der Waals surface area contributed by atoms with Gasteiger partial charge in [-0.2, -0.15) is 0 Å². The minimum absolute atomic E-state index is 0.254. The first-order valence-corrected chi connectivity index (χ1v) is 7.26. The normalized spacial score (nSPS) is 15.8. The first-order valence-electron chi connectivity index (χ1n) is 7.26. The third-order valence-electron chi connectivity index (χ3n) is 4.28. The number of rotatable bonds is 5. The zero-order valence-corrected chi connectivity index (χ0v) is 12.8. The van der Waals surface area contributed by atoms with Crippen LogP contribution in [0.15, 0.2) is 30.5 Å². The molecule has 108 valence electrons. The molecule has 2 N–H and O–H groups in total. The molecule has 2 aromatic rings. The van der Waals surface area contributed by atoms with Crippen molar-refractivity contribution < 1.29 is 5.11 Å². The number of aliphatic hydroxyl groups is 1. The highest BCUT2D eigenvalue weighted by Crippen LogP contribution is 2.26. The minimum atomic E-state index is -0.714. The fourth-order valence-corrected chi connectivity index (χ4v) is 2.37. The summed E-state index contributed by atoms with van der Waals surface area (Å²) in [7, 11) is 0. The molecular formula is C17H24N2O. The number of benzene rings is 1. The van der Waals surface area contributed by atoms with Crippen molar-refractivity contribution in [1.82, 2.24) is 4.98 Å². The zero-order valence-electron chi connectivity index (χ0n) is 12.8. The van der Waals surface area contributed by atoms with E-state index in [-0.39, 0.29) is 5.92 Å². The predicted molar refractivity (Wildman–Crippen MR) is 85.0 cm³/mol. The smallest absolute Gasteiger partial charge is 0.0816 e. The van der Waals surface area contributed by atoms with Gasteiger partial charge in [-0.3, -0.25) is 4.98 Å². The van der Waals surface area contributed by atoms with Gasteiger partial charge >= 0.3 is 0 Å². The van der Waals surface area contributed by atoms with Crippen molar-refractivity contribution >= 4 is 16.6 Å². The monoisotopic (exact) mass is 272 g/mol. The topological polar surface area (TPSA) is 45.1 Å². The Labute approximate surface area is 121 Å². The average molecular weight is 272 g/mol. The minimum Gasteiger partial charge on any atom is -0.388 e. The van der Waals surface area contributed by atoms with Crippen LogP contribution in [0.1, 0.15) is 32.8 Å². The molecule has 1 aromatic heterocycles. The summed E-state index contributed by atoms with van der Waals surface area (Å²) >= 11 is 0. The molecule has 0 bridgehead atoms. The molecule has 0 aliphatic rings. The first-order chi connectivity index (χ1) is 9.45. The van der Waals surface area contributed by atoms with Gasteiger partial charge in [-0.1, -0.05) is 38.5 Å². The fourth-order valence-electron chi connectivity index (χ4n) is 2.37. The van der Waals surface area contributed by atoms with Gasteiger partial charge in [0.2, 0.25) is 0 Å². The Hall–Kier alpha value is -1.61. The van der Waals surface area contributed by atoms with Gasteiger partial charge in [0.15, 0.2) is 0 Å². The van der Waals surface area contributed by atoms with Crippen LogP contribution < -0.4 is 5.32 Å². The number of anilines is 1. The van der Waals surface area contributed by atoms with E-state index in [0.29, 0.717) is 6.54 Å². The van der Waals surface area contributed by atoms with Crippen molar-refractivity contribution in [3.63, 3.8) is 0 Å². The van der Waals surface area contributed by atoms with Crippen molar-refractivity contribution in [2.75, 3.05) is 11.9 Å². The largest absolute Gasteiger partial charge is 0.388 e. The van der Waals surface area contributed by atoms with Crippen LogP contribution in [0.3, 0.4) is 0 Å². The maximum atomic E-state index is 10.5. The lowest BCUT2D eigenvalue weighted by Gasteiger charge is -2.30. The Kier molecular flexibility index (Phi) is 4.29. The highest BCUT2D eigenvalue weighted by molar-refractivity contribution is 5.92. The van der Waals surface area contributed by atoms with Crippen molar-refractivity contribution in [3.05, 3.63) is 36.0 Å². The summed E-state index contributed by atoms with van der Waals surface area (Å²) < 4.78 is 0. The number of aryl methyl sites for hydroxylation is 1. The molecule has 0 saturated heterocycles. The van der Waals surface area contributed by atoms with E-state index >= 15 is 0 Å². The summed E-state index contributed by atoms with van der Waals surface area (Å²) in [5.41, 5.74) is 2.50. The van der Waals surface area contributed by atoms with Gasteiger partial charge in [0, 0.05) is 23.8 Å². The number of nitrogens with zero attached hydrogens (tertiary/aromatic N) is 1. The molecule has 2 unspecified atom stereocenters. The summed E-state index contributed by atoms with van der Waals surface area (Å²) in [6.07, 6.45) is 2.78. The van der Waals surface area contributed by atoms with Crippen LogP contribution >= 0.6 is 0 Å². The second-order valence-electron chi connectivity index (χ2n) is 5.85. The van der Waals surface area contributed by atoms with E-state index in [9.17, 15) is 5.11 Å². The second kappa shape index (κ2) is 5.80. The summed E-state index contributed by atoms with van der Waals surface area (Å²) in [5.74, 6) is 0.254. The lowest BCUT2D eigenvalue weighted by Crippen LogP contribution is -2.39. The second-order valence-corrected chi connectivity index (χ2v) is 5.85. The van der Waals surface area contributed by atoms with Crippen LogP contribution in [-0.2, 0) is 0 Å². The fraction of sp³-hybridized carbons (Fsp3) is 0.471. The summed E-state index contributed by atoms with van der Waals surface area (Å²) in [4.78, 5) is 4.43. The van der Waals surface area contributed by atoms with Crippen molar-refractivity contribution in [1.29, 1.82) is 0 Å². The van der Waals surface area contributed by atoms with Crippen LogP contribution in [-0.4, -0.2) is 22.2 Å². The number of hydrogen-bond acceptors (Lipinski definition) is 3. The Bertz CT molecular complexity index is 593. The summed E-state index contributed by atoms with van der Waals surface area (Å²) in [5, 5.41) is 15.0.